The molecule has 2 saturated heterocycles. The first kappa shape index (κ1) is 17.4. The first-order valence-electron chi connectivity index (χ1n) is 8.39. The van der Waals surface area contributed by atoms with Crippen molar-refractivity contribution < 1.29 is 17.1 Å². The molecule has 2 fully saturated rings. The second kappa shape index (κ2) is 7.19. The van der Waals surface area contributed by atoms with E-state index in [1.807, 2.05) is 18.2 Å². The van der Waals surface area contributed by atoms with Gasteiger partial charge in [0.15, 0.2) is 0 Å². The van der Waals surface area contributed by atoms with Gasteiger partial charge in [-0.3, -0.25) is 9.69 Å². The summed E-state index contributed by atoms with van der Waals surface area (Å²) < 4.78 is 34.5. The number of hydrogen-bond donors (Lipinski definition) is 0. The van der Waals surface area contributed by atoms with Crippen LogP contribution in [0.2, 0.25) is 0 Å². The zero-order valence-corrected chi connectivity index (χ0v) is 14.4. The lowest BCUT2D eigenvalue weighted by Gasteiger charge is -2.37. The van der Waals surface area contributed by atoms with Gasteiger partial charge in [-0.05, 0) is 24.9 Å². The zero-order valence-electron chi connectivity index (χ0n) is 13.6. The SMILES string of the molecule is O=C1CC(CS(=O)(=O)F)CN1C1CCCN(Cc2ccccc2)C1. The van der Waals surface area contributed by atoms with E-state index in [4.69, 9.17) is 0 Å². The summed E-state index contributed by atoms with van der Waals surface area (Å²) in [6.07, 6.45) is 2.07. The maximum absolute atomic E-state index is 12.9. The average molecular weight is 354 g/mol. The number of likely N-dealkylation sites (tertiary alicyclic amines) is 2. The van der Waals surface area contributed by atoms with Gasteiger partial charge in [-0.1, -0.05) is 30.3 Å². The standard InChI is InChI=1S/C17H23FN2O3S/c18-24(22,23)13-15-9-17(21)20(11-15)16-7-4-8-19(12-16)10-14-5-2-1-3-6-14/h1-3,5-6,15-16H,4,7-13H2. The molecule has 0 bridgehead atoms. The van der Waals surface area contributed by atoms with Crippen molar-refractivity contribution in [3.63, 3.8) is 0 Å². The quantitative estimate of drug-likeness (QED) is 0.757. The normalized spacial score (nSPS) is 26.0. The number of rotatable bonds is 5. The molecule has 1 amide bonds. The highest BCUT2D eigenvalue weighted by Gasteiger charge is 2.37. The summed E-state index contributed by atoms with van der Waals surface area (Å²) in [6, 6.07) is 10.3. The number of piperidine rings is 1. The Morgan fingerprint density at radius 3 is 2.62 bits per heavy atom. The molecule has 5 nitrogen and oxygen atoms in total. The summed E-state index contributed by atoms with van der Waals surface area (Å²) >= 11 is 0. The number of halogens is 1. The monoisotopic (exact) mass is 354 g/mol. The summed E-state index contributed by atoms with van der Waals surface area (Å²) in [6.45, 7) is 2.99. The molecule has 2 aliphatic heterocycles. The lowest BCUT2D eigenvalue weighted by atomic mass is 10.0. The lowest BCUT2D eigenvalue weighted by Crippen LogP contribution is -2.48. The second-order valence-electron chi connectivity index (χ2n) is 6.84. The van der Waals surface area contributed by atoms with Crippen LogP contribution in [0.3, 0.4) is 0 Å². The Morgan fingerprint density at radius 2 is 1.92 bits per heavy atom. The third kappa shape index (κ3) is 4.54. The van der Waals surface area contributed by atoms with Crippen LogP contribution in [0, 0.1) is 5.92 Å². The van der Waals surface area contributed by atoms with E-state index in [9.17, 15) is 17.1 Å². The Balaban J connectivity index is 1.59. The summed E-state index contributed by atoms with van der Waals surface area (Å²) in [5.74, 6) is -1.01. The highest BCUT2D eigenvalue weighted by Crippen LogP contribution is 2.26. The van der Waals surface area contributed by atoms with Crippen LogP contribution in [0.15, 0.2) is 30.3 Å². The van der Waals surface area contributed by atoms with Crippen molar-refractivity contribution in [1.29, 1.82) is 0 Å². The molecule has 0 radical (unpaired) electrons. The topological polar surface area (TPSA) is 57.7 Å². The van der Waals surface area contributed by atoms with Crippen LogP contribution >= 0.6 is 0 Å². The molecule has 7 heteroatoms. The van der Waals surface area contributed by atoms with Crippen LogP contribution in [0.1, 0.15) is 24.8 Å². The third-order valence-electron chi connectivity index (χ3n) is 4.84. The van der Waals surface area contributed by atoms with Gasteiger partial charge in [0.2, 0.25) is 5.91 Å². The number of benzene rings is 1. The van der Waals surface area contributed by atoms with Gasteiger partial charge in [0.05, 0.1) is 5.75 Å². The average Bonchev–Trinajstić information content (AvgIpc) is 2.87. The largest absolute Gasteiger partial charge is 0.338 e. The summed E-state index contributed by atoms with van der Waals surface area (Å²) in [7, 11) is -4.53. The van der Waals surface area contributed by atoms with Gasteiger partial charge < -0.3 is 4.90 Å². The van der Waals surface area contributed by atoms with E-state index in [2.05, 4.69) is 17.0 Å². The van der Waals surface area contributed by atoms with E-state index in [0.717, 1.165) is 32.5 Å². The van der Waals surface area contributed by atoms with Gasteiger partial charge in [0, 0.05) is 38.0 Å². The smallest absolute Gasteiger partial charge is 0.302 e. The van der Waals surface area contributed by atoms with E-state index < -0.39 is 21.9 Å². The Bertz CT molecular complexity index is 680. The molecular formula is C17H23FN2O3S. The number of nitrogens with zero attached hydrogens (tertiary/aromatic N) is 2. The molecule has 0 N–H and O–H groups in total. The second-order valence-corrected chi connectivity index (χ2v) is 8.25. The van der Waals surface area contributed by atoms with Crippen LogP contribution in [0.5, 0.6) is 0 Å². The molecule has 132 valence electrons. The Kier molecular flexibility index (Phi) is 5.20. The Morgan fingerprint density at radius 1 is 1.17 bits per heavy atom. The molecular weight excluding hydrogens is 331 g/mol. The van der Waals surface area contributed by atoms with Gasteiger partial charge >= 0.3 is 10.2 Å². The van der Waals surface area contributed by atoms with Gasteiger partial charge in [0.1, 0.15) is 0 Å². The zero-order chi connectivity index (χ0) is 17.2. The highest BCUT2D eigenvalue weighted by molar-refractivity contribution is 7.86. The van der Waals surface area contributed by atoms with Gasteiger partial charge in [0.25, 0.3) is 0 Å². The van der Waals surface area contributed by atoms with Crippen molar-refractivity contribution >= 4 is 16.1 Å². The maximum atomic E-state index is 12.9. The first-order valence-corrected chi connectivity index (χ1v) is 9.94. The van der Waals surface area contributed by atoms with Crippen molar-refractivity contribution in [3.05, 3.63) is 35.9 Å². The molecule has 2 heterocycles. The van der Waals surface area contributed by atoms with Gasteiger partial charge in [-0.25, -0.2) is 0 Å². The minimum Gasteiger partial charge on any atom is -0.338 e. The van der Waals surface area contributed by atoms with E-state index in [1.54, 1.807) is 4.90 Å². The number of hydrogen-bond acceptors (Lipinski definition) is 4. The molecule has 3 rings (SSSR count). The number of carbonyl (C=O) groups excluding carboxylic acids is 1. The van der Waals surface area contributed by atoms with Crippen LogP contribution < -0.4 is 0 Å². The molecule has 0 aliphatic carbocycles. The van der Waals surface area contributed by atoms with Crippen molar-refractivity contribution in [2.75, 3.05) is 25.4 Å². The van der Waals surface area contributed by atoms with Crippen LogP contribution in [0.25, 0.3) is 0 Å². The third-order valence-corrected chi connectivity index (χ3v) is 5.71. The molecule has 1 aromatic carbocycles. The Labute approximate surface area is 142 Å². The summed E-state index contributed by atoms with van der Waals surface area (Å²) in [5.41, 5.74) is 1.24. The lowest BCUT2D eigenvalue weighted by molar-refractivity contribution is -0.130. The molecule has 1 aromatic rings. The molecule has 2 atom stereocenters. The molecule has 0 aromatic heterocycles. The fraction of sp³-hybridized carbons (Fsp3) is 0.588. The maximum Gasteiger partial charge on any atom is 0.302 e. The van der Waals surface area contributed by atoms with E-state index in [0.29, 0.717) is 6.54 Å². The van der Waals surface area contributed by atoms with E-state index in [-0.39, 0.29) is 18.4 Å². The highest BCUT2D eigenvalue weighted by atomic mass is 32.3. The van der Waals surface area contributed by atoms with E-state index >= 15 is 0 Å². The molecule has 24 heavy (non-hydrogen) atoms. The van der Waals surface area contributed by atoms with Crippen molar-refractivity contribution in [2.45, 2.75) is 31.8 Å². The van der Waals surface area contributed by atoms with Crippen LogP contribution in [-0.2, 0) is 21.6 Å². The molecule has 2 unspecified atom stereocenters. The van der Waals surface area contributed by atoms with Crippen LogP contribution in [0.4, 0.5) is 3.89 Å². The summed E-state index contributed by atoms with van der Waals surface area (Å²) in [5, 5.41) is 0. The minimum atomic E-state index is -4.53. The fourth-order valence-electron chi connectivity index (χ4n) is 3.83. The molecule has 0 saturated carbocycles. The first-order chi connectivity index (χ1) is 11.4. The molecule has 2 aliphatic rings. The fourth-order valence-corrected chi connectivity index (χ4v) is 4.61. The van der Waals surface area contributed by atoms with Gasteiger partial charge in [-0.15, -0.1) is 3.89 Å². The molecule has 0 spiro atoms. The van der Waals surface area contributed by atoms with Gasteiger partial charge in [-0.2, -0.15) is 8.42 Å². The van der Waals surface area contributed by atoms with E-state index in [1.165, 1.54) is 5.56 Å². The number of carbonyl (C=O) groups is 1. The van der Waals surface area contributed by atoms with Crippen molar-refractivity contribution in [1.82, 2.24) is 9.80 Å². The predicted octanol–water partition coefficient (Wildman–Crippen LogP) is 1.80. The van der Waals surface area contributed by atoms with Crippen molar-refractivity contribution in [2.24, 2.45) is 5.92 Å². The minimum absolute atomic E-state index is 0.0461. The Hall–Kier alpha value is -1.47. The predicted molar refractivity (Wildman–Crippen MR) is 89.5 cm³/mol. The van der Waals surface area contributed by atoms with Crippen LogP contribution in [-0.4, -0.2) is 55.6 Å². The number of amides is 1. The summed E-state index contributed by atoms with van der Waals surface area (Å²) in [4.78, 5) is 16.3. The van der Waals surface area contributed by atoms with Crippen molar-refractivity contribution in [3.8, 4) is 0 Å².